The van der Waals surface area contributed by atoms with Crippen LogP contribution in [0.4, 0.5) is 5.69 Å². The van der Waals surface area contributed by atoms with Crippen molar-refractivity contribution < 1.29 is 4.79 Å². The summed E-state index contributed by atoms with van der Waals surface area (Å²) in [5, 5.41) is 2.84. The summed E-state index contributed by atoms with van der Waals surface area (Å²) in [6.45, 7) is 0. The number of hydrogen-bond acceptors (Lipinski definition) is 1. The summed E-state index contributed by atoms with van der Waals surface area (Å²) in [5.41, 5.74) is 2.39. The highest BCUT2D eigenvalue weighted by Gasteiger charge is 2.08. The first-order valence-electron chi connectivity index (χ1n) is 5.41. The Morgan fingerprint density at radius 3 is 2.39 bits per heavy atom. The molecule has 2 nitrogen and oxygen atoms in total. The van der Waals surface area contributed by atoms with Gasteiger partial charge in [0.2, 0.25) is 0 Å². The number of alkyl halides is 1. The quantitative estimate of drug-likeness (QED) is 0.831. The number of amides is 1. The Labute approximate surface area is 119 Å². The lowest BCUT2D eigenvalue weighted by Crippen LogP contribution is -2.12. The van der Waals surface area contributed by atoms with Gasteiger partial charge >= 0.3 is 0 Å². The summed E-state index contributed by atoms with van der Waals surface area (Å²) in [5.74, 6) is 0.333. The summed E-state index contributed by atoms with van der Waals surface area (Å²) in [6, 6.07) is 14.8. The van der Waals surface area contributed by atoms with Gasteiger partial charge in [0.1, 0.15) is 0 Å². The third-order valence-electron chi connectivity index (χ3n) is 2.48. The van der Waals surface area contributed by atoms with E-state index in [4.69, 9.17) is 11.6 Å². The third kappa shape index (κ3) is 3.12. The molecule has 0 aliphatic carbocycles. The monoisotopic (exact) mass is 323 g/mol. The van der Waals surface area contributed by atoms with Crippen molar-refractivity contribution in [3.05, 3.63) is 64.1 Å². The number of carbonyl (C=O) groups is 1. The molecule has 0 aliphatic rings. The average Bonchev–Trinajstić information content (AvgIpc) is 2.40. The van der Waals surface area contributed by atoms with Crippen LogP contribution in [0.15, 0.2) is 53.0 Å². The van der Waals surface area contributed by atoms with E-state index in [0.717, 1.165) is 15.7 Å². The molecule has 0 aliphatic heterocycles. The highest BCUT2D eigenvalue weighted by molar-refractivity contribution is 9.10. The van der Waals surface area contributed by atoms with Gasteiger partial charge < -0.3 is 5.32 Å². The average molecular weight is 325 g/mol. The Bertz CT molecular complexity index is 554. The van der Waals surface area contributed by atoms with E-state index in [9.17, 15) is 4.79 Å². The van der Waals surface area contributed by atoms with E-state index in [2.05, 4.69) is 21.2 Å². The van der Waals surface area contributed by atoms with E-state index < -0.39 is 0 Å². The molecule has 2 aromatic rings. The molecule has 0 atom stereocenters. The van der Waals surface area contributed by atoms with Gasteiger partial charge in [-0.05, 0) is 45.8 Å². The van der Waals surface area contributed by atoms with Crippen LogP contribution in [0.2, 0.25) is 0 Å². The molecule has 0 saturated carbocycles. The van der Waals surface area contributed by atoms with Crippen molar-refractivity contribution in [1.82, 2.24) is 0 Å². The third-order valence-corrected chi connectivity index (χ3v) is 3.48. The van der Waals surface area contributed by atoms with E-state index in [0.29, 0.717) is 11.4 Å². The van der Waals surface area contributed by atoms with Crippen LogP contribution in [0.3, 0.4) is 0 Å². The van der Waals surface area contributed by atoms with E-state index in [1.54, 1.807) is 6.07 Å². The number of benzene rings is 2. The Morgan fingerprint density at radius 2 is 1.78 bits per heavy atom. The van der Waals surface area contributed by atoms with Gasteiger partial charge in [-0.3, -0.25) is 4.79 Å². The van der Waals surface area contributed by atoms with Gasteiger partial charge in [0.25, 0.3) is 5.91 Å². The van der Waals surface area contributed by atoms with Crippen LogP contribution in [0.5, 0.6) is 0 Å². The molecule has 92 valence electrons. The molecule has 0 spiro atoms. The second kappa shape index (κ2) is 6.03. The van der Waals surface area contributed by atoms with Crippen LogP contribution in [0.1, 0.15) is 15.9 Å². The second-order valence-corrected chi connectivity index (χ2v) is 4.89. The highest BCUT2D eigenvalue weighted by atomic mass is 79.9. The highest BCUT2D eigenvalue weighted by Crippen LogP contribution is 2.18. The molecule has 0 aromatic heterocycles. The normalized spacial score (nSPS) is 10.1. The maximum absolute atomic E-state index is 12.0. The SMILES string of the molecule is O=C(Nc1ccc(CCl)cc1)c1ccccc1Br. The smallest absolute Gasteiger partial charge is 0.256 e. The Kier molecular flexibility index (Phi) is 4.39. The van der Waals surface area contributed by atoms with Crippen molar-refractivity contribution in [2.45, 2.75) is 5.88 Å². The maximum atomic E-state index is 12.0. The van der Waals surface area contributed by atoms with Crippen LogP contribution in [-0.4, -0.2) is 5.91 Å². The van der Waals surface area contributed by atoms with Crippen LogP contribution >= 0.6 is 27.5 Å². The first kappa shape index (κ1) is 13.1. The van der Waals surface area contributed by atoms with Crippen LogP contribution in [0.25, 0.3) is 0 Å². The molecule has 0 heterocycles. The molecular weight excluding hydrogens is 314 g/mol. The minimum absolute atomic E-state index is 0.138. The lowest BCUT2D eigenvalue weighted by Gasteiger charge is -2.07. The van der Waals surface area contributed by atoms with E-state index in [1.165, 1.54) is 0 Å². The summed E-state index contributed by atoms with van der Waals surface area (Å²) < 4.78 is 0.778. The zero-order valence-electron chi connectivity index (χ0n) is 9.49. The molecule has 0 radical (unpaired) electrons. The standard InChI is InChI=1S/C14H11BrClNO/c15-13-4-2-1-3-12(13)14(18)17-11-7-5-10(9-16)6-8-11/h1-8H,9H2,(H,17,18). The summed E-state index contributed by atoms with van der Waals surface area (Å²) in [4.78, 5) is 12.0. The van der Waals surface area contributed by atoms with E-state index in [1.807, 2.05) is 42.5 Å². The van der Waals surface area contributed by atoms with Crippen LogP contribution < -0.4 is 5.32 Å². The van der Waals surface area contributed by atoms with Gasteiger partial charge in [-0.2, -0.15) is 0 Å². The zero-order chi connectivity index (χ0) is 13.0. The van der Waals surface area contributed by atoms with Crippen molar-refractivity contribution >= 4 is 39.1 Å². The molecule has 1 amide bonds. The minimum Gasteiger partial charge on any atom is -0.322 e. The molecule has 0 unspecified atom stereocenters. The number of anilines is 1. The number of hydrogen-bond donors (Lipinski definition) is 1. The molecule has 0 fully saturated rings. The van der Waals surface area contributed by atoms with Crippen molar-refractivity contribution in [3.8, 4) is 0 Å². The van der Waals surface area contributed by atoms with Crippen LogP contribution in [-0.2, 0) is 5.88 Å². The predicted molar refractivity (Wildman–Crippen MR) is 78.1 cm³/mol. The van der Waals surface area contributed by atoms with Crippen molar-refractivity contribution in [2.24, 2.45) is 0 Å². The topological polar surface area (TPSA) is 29.1 Å². The number of nitrogens with one attached hydrogen (secondary N) is 1. The molecule has 2 aromatic carbocycles. The van der Waals surface area contributed by atoms with E-state index >= 15 is 0 Å². The molecule has 0 bridgehead atoms. The first-order chi connectivity index (χ1) is 8.70. The predicted octanol–water partition coefficient (Wildman–Crippen LogP) is 4.44. The maximum Gasteiger partial charge on any atom is 0.256 e. The van der Waals surface area contributed by atoms with Gasteiger partial charge in [-0.25, -0.2) is 0 Å². The lowest BCUT2D eigenvalue weighted by atomic mass is 10.2. The largest absolute Gasteiger partial charge is 0.322 e. The number of carbonyl (C=O) groups excluding carboxylic acids is 1. The fourth-order valence-electron chi connectivity index (χ4n) is 1.52. The van der Waals surface area contributed by atoms with Gasteiger partial charge in [0, 0.05) is 16.0 Å². The molecule has 2 rings (SSSR count). The Morgan fingerprint density at radius 1 is 1.11 bits per heavy atom. The zero-order valence-corrected chi connectivity index (χ0v) is 11.8. The fraction of sp³-hybridized carbons (Fsp3) is 0.0714. The van der Waals surface area contributed by atoms with Crippen molar-refractivity contribution in [2.75, 3.05) is 5.32 Å². The summed E-state index contributed by atoms with van der Waals surface area (Å²) >= 11 is 9.06. The van der Waals surface area contributed by atoms with Gasteiger partial charge in [0.15, 0.2) is 0 Å². The lowest BCUT2D eigenvalue weighted by molar-refractivity contribution is 0.102. The second-order valence-electron chi connectivity index (χ2n) is 3.76. The molecule has 1 N–H and O–H groups in total. The fourth-order valence-corrected chi connectivity index (χ4v) is 2.16. The van der Waals surface area contributed by atoms with Gasteiger partial charge in [-0.15, -0.1) is 11.6 Å². The molecule has 0 saturated heterocycles. The van der Waals surface area contributed by atoms with E-state index in [-0.39, 0.29) is 5.91 Å². The molecule has 18 heavy (non-hydrogen) atoms. The molecular formula is C14H11BrClNO. The van der Waals surface area contributed by atoms with Crippen molar-refractivity contribution in [1.29, 1.82) is 0 Å². The van der Waals surface area contributed by atoms with Gasteiger partial charge in [0.05, 0.1) is 5.56 Å². The Balaban J connectivity index is 2.14. The molecule has 4 heteroatoms. The summed E-state index contributed by atoms with van der Waals surface area (Å²) in [6.07, 6.45) is 0. The first-order valence-corrected chi connectivity index (χ1v) is 6.74. The minimum atomic E-state index is -0.138. The van der Waals surface area contributed by atoms with Crippen molar-refractivity contribution in [3.63, 3.8) is 0 Å². The summed E-state index contributed by atoms with van der Waals surface area (Å²) in [7, 11) is 0. The van der Waals surface area contributed by atoms with Crippen LogP contribution in [0, 0.1) is 0 Å². The Hall–Kier alpha value is -1.32. The van der Waals surface area contributed by atoms with Gasteiger partial charge in [-0.1, -0.05) is 24.3 Å². The number of halogens is 2. The number of rotatable bonds is 3.